The van der Waals surface area contributed by atoms with E-state index >= 15 is 0 Å². The molecule has 100 valence electrons. The topological polar surface area (TPSA) is 73.4 Å². The number of imidazole rings is 1. The number of hydrogen-bond donors (Lipinski definition) is 1. The van der Waals surface area contributed by atoms with Crippen LogP contribution in [0.15, 0.2) is 0 Å². The van der Waals surface area contributed by atoms with Gasteiger partial charge in [-0.05, 0) is 33.1 Å². The molecular formula is C12H20N4O2. The van der Waals surface area contributed by atoms with Gasteiger partial charge in [-0.1, -0.05) is 0 Å². The molecule has 6 heteroatoms. The van der Waals surface area contributed by atoms with Gasteiger partial charge in [0.05, 0.1) is 6.61 Å². The van der Waals surface area contributed by atoms with Crippen molar-refractivity contribution in [1.29, 1.82) is 0 Å². The van der Waals surface area contributed by atoms with Crippen LogP contribution in [0.3, 0.4) is 0 Å². The Morgan fingerprint density at radius 2 is 2.06 bits per heavy atom. The summed E-state index contributed by atoms with van der Waals surface area (Å²) in [7, 11) is 0. The van der Waals surface area contributed by atoms with Crippen molar-refractivity contribution < 1.29 is 9.53 Å². The zero-order valence-electron chi connectivity index (χ0n) is 11.0. The standard InChI is InChI=1S/C12H20N4O2/c1-3-18-12(17)10-11(13)16(9(2)14-10)15-7-5-4-6-8-15/h3-8,13H2,1-2H3. The molecule has 18 heavy (non-hydrogen) atoms. The second-order valence-electron chi connectivity index (χ2n) is 4.44. The minimum absolute atomic E-state index is 0.222. The minimum Gasteiger partial charge on any atom is -0.461 e. The van der Waals surface area contributed by atoms with Gasteiger partial charge in [-0.25, -0.2) is 14.5 Å². The molecule has 1 aliphatic rings. The van der Waals surface area contributed by atoms with E-state index in [4.69, 9.17) is 10.5 Å². The van der Waals surface area contributed by atoms with E-state index in [1.807, 2.05) is 11.6 Å². The Hall–Kier alpha value is -1.72. The van der Waals surface area contributed by atoms with Crippen molar-refractivity contribution in [1.82, 2.24) is 9.66 Å². The summed E-state index contributed by atoms with van der Waals surface area (Å²) in [6.07, 6.45) is 3.53. The molecule has 0 aliphatic carbocycles. The Kier molecular flexibility index (Phi) is 3.74. The van der Waals surface area contributed by atoms with E-state index in [1.54, 1.807) is 6.92 Å². The maximum Gasteiger partial charge on any atom is 0.360 e. The van der Waals surface area contributed by atoms with E-state index in [-0.39, 0.29) is 5.69 Å². The number of carbonyl (C=O) groups is 1. The second-order valence-corrected chi connectivity index (χ2v) is 4.44. The normalized spacial score (nSPS) is 15.8. The van der Waals surface area contributed by atoms with Crippen LogP contribution in [0.4, 0.5) is 5.82 Å². The highest BCUT2D eigenvalue weighted by Crippen LogP contribution is 2.18. The Labute approximate surface area is 107 Å². The average molecular weight is 252 g/mol. The number of ether oxygens (including phenoxy) is 1. The van der Waals surface area contributed by atoms with Crippen LogP contribution in [0.1, 0.15) is 42.5 Å². The summed E-state index contributed by atoms with van der Waals surface area (Å²) < 4.78 is 6.79. The van der Waals surface area contributed by atoms with Crippen molar-refractivity contribution in [2.45, 2.75) is 33.1 Å². The molecule has 2 heterocycles. The van der Waals surface area contributed by atoms with Gasteiger partial charge in [-0.2, -0.15) is 0 Å². The number of aryl methyl sites for hydroxylation is 1. The second kappa shape index (κ2) is 5.29. The van der Waals surface area contributed by atoms with Gasteiger partial charge in [0.25, 0.3) is 0 Å². The SMILES string of the molecule is CCOC(=O)c1nc(C)n(N2CCCCC2)c1N. The molecule has 0 saturated carbocycles. The predicted molar refractivity (Wildman–Crippen MR) is 69.1 cm³/mol. The number of nitrogen functional groups attached to an aromatic ring is 1. The lowest BCUT2D eigenvalue weighted by Gasteiger charge is -2.31. The third-order valence-corrected chi connectivity index (χ3v) is 3.14. The number of hydrogen-bond acceptors (Lipinski definition) is 5. The van der Waals surface area contributed by atoms with Gasteiger partial charge in [0.1, 0.15) is 5.82 Å². The number of esters is 1. The molecule has 0 bridgehead atoms. The molecule has 2 N–H and O–H groups in total. The van der Waals surface area contributed by atoms with Crippen LogP contribution in [0.2, 0.25) is 0 Å². The minimum atomic E-state index is -0.450. The van der Waals surface area contributed by atoms with Crippen LogP contribution in [0, 0.1) is 6.92 Å². The van der Waals surface area contributed by atoms with Crippen LogP contribution in [0.5, 0.6) is 0 Å². The van der Waals surface area contributed by atoms with E-state index in [0.717, 1.165) is 31.8 Å². The highest BCUT2D eigenvalue weighted by atomic mass is 16.5. The molecule has 0 spiro atoms. The third kappa shape index (κ3) is 2.27. The fourth-order valence-corrected chi connectivity index (χ4v) is 2.32. The summed E-state index contributed by atoms with van der Waals surface area (Å²) in [6.45, 7) is 5.84. The molecule has 1 aliphatic heterocycles. The maximum atomic E-state index is 11.7. The fourth-order valence-electron chi connectivity index (χ4n) is 2.32. The number of nitrogens with zero attached hydrogens (tertiary/aromatic N) is 3. The quantitative estimate of drug-likeness (QED) is 0.815. The Balaban J connectivity index is 2.28. The van der Waals surface area contributed by atoms with Crippen LogP contribution < -0.4 is 10.7 Å². The molecule has 1 fully saturated rings. The number of piperidine rings is 1. The van der Waals surface area contributed by atoms with Crippen molar-refractivity contribution >= 4 is 11.8 Å². The van der Waals surface area contributed by atoms with E-state index < -0.39 is 5.97 Å². The van der Waals surface area contributed by atoms with Crippen molar-refractivity contribution in [2.75, 3.05) is 30.4 Å². The molecule has 0 amide bonds. The third-order valence-electron chi connectivity index (χ3n) is 3.14. The van der Waals surface area contributed by atoms with Crippen molar-refractivity contribution in [3.05, 3.63) is 11.5 Å². The molecular weight excluding hydrogens is 232 g/mol. The molecule has 2 rings (SSSR count). The molecule has 6 nitrogen and oxygen atoms in total. The molecule has 1 saturated heterocycles. The highest BCUT2D eigenvalue weighted by molar-refractivity contribution is 5.92. The first-order chi connectivity index (χ1) is 8.65. The van der Waals surface area contributed by atoms with Crippen LogP contribution in [-0.4, -0.2) is 35.3 Å². The summed E-state index contributed by atoms with van der Waals surface area (Å²) in [5.74, 6) is 0.666. The van der Waals surface area contributed by atoms with Crippen molar-refractivity contribution in [2.24, 2.45) is 0 Å². The monoisotopic (exact) mass is 252 g/mol. The van der Waals surface area contributed by atoms with Gasteiger partial charge in [0.2, 0.25) is 0 Å². The summed E-state index contributed by atoms with van der Waals surface area (Å²) in [4.78, 5) is 15.9. The molecule has 0 radical (unpaired) electrons. The summed E-state index contributed by atoms with van der Waals surface area (Å²) in [5.41, 5.74) is 6.25. The molecule has 1 aromatic heterocycles. The van der Waals surface area contributed by atoms with Gasteiger partial charge in [0.15, 0.2) is 11.5 Å². The van der Waals surface area contributed by atoms with Gasteiger partial charge in [0, 0.05) is 13.1 Å². The van der Waals surface area contributed by atoms with Crippen LogP contribution in [-0.2, 0) is 4.74 Å². The van der Waals surface area contributed by atoms with Gasteiger partial charge >= 0.3 is 5.97 Å². The lowest BCUT2D eigenvalue weighted by atomic mass is 10.2. The largest absolute Gasteiger partial charge is 0.461 e. The predicted octanol–water partition coefficient (Wildman–Crippen LogP) is 1.07. The zero-order chi connectivity index (χ0) is 13.1. The number of carbonyl (C=O) groups excluding carboxylic acids is 1. The number of nitrogens with two attached hydrogens (primary N) is 1. The first-order valence-corrected chi connectivity index (χ1v) is 6.42. The lowest BCUT2D eigenvalue weighted by molar-refractivity contribution is 0.0521. The van der Waals surface area contributed by atoms with E-state index in [9.17, 15) is 4.79 Å². The number of aromatic nitrogens is 2. The summed E-state index contributed by atoms with van der Waals surface area (Å²) >= 11 is 0. The fraction of sp³-hybridized carbons (Fsp3) is 0.667. The Bertz CT molecular complexity index is 436. The average Bonchev–Trinajstić information content (AvgIpc) is 2.66. The Morgan fingerprint density at radius 3 is 2.67 bits per heavy atom. The van der Waals surface area contributed by atoms with Gasteiger partial charge < -0.3 is 15.5 Å². The van der Waals surface area contributed by atoms with Crippen molar-refractivity contribution in [3.63, 3.8) is 0 Å². The lowest BCUT2D eigenvalue weighted by Crippen LogP contribution is -2.40. The smallest absolute Gasteiger partial charge is 0.360 e. The van der Waals surface area contributed by atoms with Gasteiger partial charge in [-0.3, -0.25) is 0 Å². The molecule has 0 atom stereocenters. The maximum absolute atomic E-state index is 11.7. The first kappa shape index (κ1) is 12.7. The highest BCUT2D eigenvalue weighted by Gasteiger charge is 2.23. The molecule has 0 aromatic carbocycles. The van der Waals surface area contributed by atoms with Crippen molar-refractivity contribution in [3.8, 4) is 0 Å². The van der Waals surface area contributed by atoms with Gasteiger partial charge in [-0.15, -0.1) is 0 Å². The van der Waals surface area contributed by atoms with E-state index in [2.05, 4.69) is 9.99 Å². The summed E-state index contributed by atoms with van der Waals surface area (Å²) in [6, 6.07) is 0. The molecule has 0 unspecified atom stereocenters. The first-order valence-electron chi connectivity index (χ1n) is 6.42. The van der Waals surface area contributed by atoms with E-state index in [0.29, 0.717) is 12.4 Å². The van der Waals surface area contributed by atoms with Crippen LogP contribution in [0.25, 0.3) is 0 Å². The zero-order valence-corrected chi connectivity index (χ0v) is 11.0. The molecule has 1 aromatic rings. The number of rotatable bonds is 3. The van der Waals surface area contributed by atoms with E-state index in [1.165, 1.54) is 6.42 Å². The Morgan fingerprint density at radius 1 is 1.39 bits per heavy atom. The summed E-state index contributed by atoms with van der Waals surface area (Å²) in [5, 5.41) is 2.14. The number of anilines is 1. The van der Waals surface area contributed by atoms with Crippen LogP contribution >= 0.6 is 0 Å².